The molecule has 7 nitrogen and oxygen atoms in total. The Balaban J connectivity index is 1.48. The van der Waals surface area contributed by atoms with Crippen molar-refractivity contribution in [2.24, 2.45) is 0 Å². The molecule has 8 heteroatoms. The summed E-state index contributed by atoms with van der Waals surface area (Å²) < 4.78 is 7.77. The summed E-state index contributed by atoms with van der Waals surface area (Å²) in [5.74, 6) is 0.573. The molecule has 5 heterocycles. The summed E-state index contributed by atoms with van der Waals surface area (Å²) in [5, 5.41) is 5.85. The lowest BCUT2D eigenvalue weighted by Crippen LogP contribution is -2.40. The maximum Gasteiger partial charge on any atom is 0.258 e. The van der Waals surface area contributed by atoms with Crippen LogP contribution in [0.4, 0.5) is 0 Å². The second kappa shape index (κ2) is 6.47. The highest BCUT2D eigenvalue weighted by Crippen LogP contribution is 2.37. The van der Waals surface area contributed by atoms with Gasteiger partial charge < -0.3 is 14.3 Å². The summed E-state index contributed by atoms with van der Waals surface area (Å²) in [6.45, 7) is 0.542. The van der Waals surface area contributed by atoms with E-state index in [0.29, 0.717) is 34.8 Å². The number of halogens is 1. The van der Waals surface area contributed by atoms with Gasteiger partial charge in [-0.25, -0.2) is 9.50 Å². The van der Waals surface area contributed by atoms with Crippen molar-refractivity contribution >= 4 is 34.0 Å². The van der Waals surface area contributed by atoms with Crippen molar-refractivity contribution in [1.82, 2.24) is 24.5 Å². The monoisotopic (exact) mass is 417 g/mol. The van der Waals surface area contributed by atoms with Gasteiger partial charge in [0, 0.05) is 30.2 Å². The van der Waals surface area contributed by atoms with Crippen LogP contribution in [0.3, 0.4) is 0 Å². The van der Waals surface area contributed by atoms with E-state index < -0.39 is 6.04 Å². The summed E-state index contributed by atoms with van der Waals surface area (Å²) in [6.07, 6.45) is 5.64. The van der Waals surface area contributed by atoms with Gasteiger partial charge in [0.1, 0.15) is 17.4 Å². The SMILES string of the molecule is O=C(c1cnn2cc(Cl)ccc12)N1CCc2[nH]cnc2[C@H]1c1cc2ccccc2o1. The second-order valence-electron chi connectivity index (χ2n) is 7.34. The van der Waals surface area contributed by atoms with Gasteiger partial charge in [-0.05, 0) is 24.3 Å². The first-order chi connectivity index (χ1) is 14.7. The molecule has 0 aliphatic carbocycles. The van der Waals surface area contributed by atoms with E-state index in [1.165, 1.54) is 0 Å². The van der Waals surface area contributed by atoms with Gasteiger partial charge in [0.05, 0.1) is 34.3 Å². The molecule has 6 rings (SSSR count). The van der Waals surface area contributed by atoms with E-state index in [1.807, 2.05) is 41.3 Å². The highest BCUT2D eigenvalue weighted by Gasteiger charge is 2.37. The molecule has 148 valence electrons. The van der Waals surface area contributed by atoms with Gasteiger partial charge in [-0.2, -0.15) is 5.10 Å². The molecule has 1 N–H and O–H groups in total. The zero-order valence-corrected chi connectivity index (χ0v) is 16.5. The van der Waals surface area contributed by atoms with E-state index in [0.717, 1.165) is 22.4 Å². The quantitative estimate of drug-likeness (QED) is 0.465. The van der Waals surface area contributed by atoms with Gasteiger partial charge in [0.2, 0.25) is 0 Å². The van der Waals surface area contributed by atoms with Gasteiger partial charge in [-0.1, -0.05) is 29.8 Å². The molecule has 1 amide bonds. The number of nitrogens with zero attached hydrogens (tertiary/aromatic N) is 4. The zero-order valence-electron chi connectivity index (χ0n) is 15.7. The third-order valence-corrected chi connectivity index (χ3v) is 5.83. The van der Waals surface area contributed by atoms with Crippen LogP contribution in [0.2, 0.25) is 5.02 Å². The summed E-state index contributed by atoms with van der Waals surface area (Å²) in [7, 11) is 0. The van der Waals surface area contributed by atoms with E-state index in [9.17, 15) is 4.79 Å². The zero-order chi connectivity index (χ0) is 20.2. The molecule has 0 spiro atoms. The number of aromatic nitrogens is 4. The predicted octanol–water partition coefficient (Wildman–Crippen LogP) is 4.24. The van der Waals surface area contributed by atoms with Crippen LogP contribution in [0.25, 0.3) is 16.5 Å². The molecule has 1 aliphatic heterocycles. The molecule has 0 saturated heterocycles. The van der Waals surface area contributed by atoms with Crippen molar-refractivity contribution in [1.29, 1.82) is 0 Å². The molecule has 1 aliphatic rings. The summed E-state index contributed by atoms with van der Waals surface area (Å²) >= 11 is 6.06. The Kier molecular flexibility index (Phi) is 3.73. The third kappa shape index (κ3) is 2.55. The average molecular weight is 418 g/mol. The lowest BCUT2D eigenvalue weighted by molar-refractivity contribution is 0.0675. The number of aromatic amines is 1. The fourth-order valence-electron chi connectivity index (χ4n) is 4.20. The van der Waals surface area contributed by atoms with Crippen LogP contribution in [-0.2, 0) is 6.42 Å². The number of carbonyl (C=O) groups is 1. The maximum atomic E-state index is 13.7. The third-order valence-electron chi connectivity index (χ3n) is 5.61. The first-order valence-corrected chi connectivity index (χ1v) is 10.0. The van der Waals surface area contributed by atoms with Crippen molar-refractivity contribution in [2.75, 3.05) is 6.54 Å². The molecule has 0 saturated carbocycles. The van der Waals surface area contributed by atoms with Gasteiger partial charge in [0.25, 0.3) is 5.91 Å². The van der Waals surface area contributed by atoms with Crippen molar-refractivity contribution in [3.63, 3.8) is 0 Å². The number of H-pyrrole nitrogens is 1. The average Bonchev–Trinajstić information content (AvgIpc) is 3.49. The lowest BCUT2D eigenvalue weighted by atomic mass is 9.99. The van der Waals surface area contributed by atoms with E-state index in [4.69, 9.17) is 16.0 Å². The Morgan fingerprint density at radius 1 is 1.23 bits per heavy atom. The topological polar surface area (TPSA) is 79.4 Å². The number of carbonyl (C=O) groups excluding carboxylic acids is 1. The van der Waals surface area contributed by atoms with Crippen molar-refractivity contribution in [2.45, 2.75) is 12.5 Å². The maximum absolute atomic E-state index is 13.7. The molecule has 0 radical (unpaired) electrons. The molecule has 30 heavy (non-hydrogen) atoms. The van der Waals surface area contributed by atoms with Gasteiger partial charge in [-0.15, -0.1) is 0 Å². The Bertz CT molecular complexity index is 1380. The minimum absolute atomic E-state index is 0.119. The van der Waals surface area contributed by atoms with Gasteiger partial charge in [-0.3, -0.25) is 4.79 Å². The summed E-state index contributed by atoms with van der Waals surface area (Å²) in [6, 6.07) is 13.0. The van der Waals surface area contributed by atoms with Gasteiger partial charge in [0.15, 0.2) is 0 Å². The minimum atomic E-state index is -0.415. The number of nitrogens with one attached hydrogen (secondary N) is 1. The molecule has 4 aromatic heterocycles. The summed E-state index contributed by atoms with van der Waals surface area (Å²) in [5.41, 5.74) is 3.85. The fourth-order valence-corrected chi connectivity index (χ4v) is 4.35. The van der Waals surface area contributed by atoms with Crippen LogP contribution in [0.1, 0.15) is 33.5 Å². The first-order valence-electron chi connectivity index (χ1n) is 9.63. The van der Waals surface area contributed by atoms with E-state index in [1.54, 1.807) is 29.3 Å². The number of benzene rings is 1. The molecule has 1 atom stereocenters. The smallest absolute Gasteiger partial charge is 0.258 e. The molecular weight excluding hydrogens is 402 g/mol. The van der Waals surface area contributed by atoms with Crippen LogP contribution < -0.4 is 0 Å². The molecule has 5 aromatic rings. The van der Waals surface area contributed by atoms with Crippen LogP contribution in [0, 0.1) is 0 Å². The second-order valence-corrected chi connectivity index (χ2v) is 7.78. The number of hydrogen-bond acceptors (Lipinski definition) is 4. The molecule has 0 unspecified atom stereocenters. The number of fused-ring (bicyclic) bond motifs is 3. The highest BCUT2D eigenvalue weighted by molar-refractivity contribution is 6.30. The number of rotatable bonds is 2. The number of furan rings is 1. The fraction of sp³-hybridized carbons (Fsp3) is 0.136. The van der Waals surface area contributed by atoms with Crippen molar-refractivity contribution in [3.8, 4) is 0 Å². The van der Waals surface area contributed by atoms with Crippen molar-refractivity contribution in [3.05, 3.63) is 88.9 Å². The summed E-state index contributed by atoms with van der Waals surface area (Å²) in [4.78, 5) is 23.2. The minimum Gasteiger partial charge on any atom is -0.458 e. The number of amides is 1. The number of hydrogen-bond donors (Lipinski definition) is 1. The Morgan fingerprint density at radius 2 is 2.13 bits per heavy atom. The molecule has 0 bridgehead atoms. The predicted molar refractivity (Wildman–Crippen MR) is 112 cm³/mol. The van der Waals surface area contributed by atoms with Crippen LogP contribution >= 0.6 is 11.6 Å². The number of pyridine rings is 1. The standard InChI is InChI=1S/C22H16ClN5O2/c23-14-5-6-17-15(10-26-28(17)11-14)22(29)27-8-7-16-20(25-12-24-16)21(27)19-9-13-3-1-2-4-18(13)30-19/h1-6,9-12,21H,7-8H2,(H,24,25)/t21-/m1/s1. The Labute approximate surface area is 175 Å². The van der Waals surface area contributed by atoms with Crippen molar-refractivity contribution < 1.29 is 9.21 Å². The van der Waals surface area contributed by atoms with Gasteiger partial charge >= 0.3 is 0 Å². The number of imidazole rings is 1. The molecule has 1 aromatic carbocycles. The highest BCUT2D eigenvalue weighted by atomic mass is 35.5. The first kappa shape index (κ1) is 17.3. The van der Waals surface area contributed by atoms with Crippen LogP contribution in [-0.4, -0.2) is 36.9 Å². The normalized spacial score (nSPS) is 16.3. The lowest BCUT2D eigenvalue weighted by Gasteiger charge is -2.33. The largest absolute Gasteiger partial charge is 0.458 e. The Hall–Kier alpha value is -3.58. The molecular formula is C22H16ClN5O2. The van der Waals surface area contributed by atoms with E-state index in [-0.39, 0.29) is 5.91 Å². The van der Waals surface area contributed by atoms with E-state index >= 15 is 0 Å². The van der Waals surface area contributed by atoms with Crippen LogP contribution in [0.15, 0.2) is 65.6 Å². The van der Waals surface area contributed by atoms with E-state index in [2.05, 4.69) is 15.1 Å². The molecule has 0 fully saturated rings. The number of para-hydroxylation sites is 1. The Morgan fingerprint density at radius 3 is 3.03 bits per heavy atom. The van der Waals surface area contributed by atoms with Crippen LogP contribution in [0.5, 0.6) is 0 Å².